The van der Waals surface area contributed by atoms with Crippen molar-refractivity contribution in [1.82, 2.24) is 19.9 Å². The molecule has 1 amide bonds. The van der Waals surface area contributed by atoms with Crippen LogP contribution in [0.5, 0.6) is 0 Å². The Bertz CT molecular complexity index is 598. The second-order valence-corrected chi connectivity index (χ2v) is 7.71. The third-order valence-corrected chi connectivity index (χ3v) is 5.66. The molecule has 0 radical (unpaired) electrons. The molecule has 0 saturated carbocycles. The van der Waals surface area contributed by atoms with Crippen molar-refractivity contribution >= 4 is 17.7 Å². The van der Waals surface area contributed by atoms with Crippen LogP contribution in [0.1, 0.15) is 24.6 Å². The number of aliphatic hydroxyl groups is 1. The van der Waals surface area contributed by atoms with Crippen LogP contribution in [0, 0.1) is 5.92 Å². The van der Waals surface area contributed by atoms with Gasteiger partial charge in [-0.25, -0.2) is 0 Å². The maximum absolute atomic E-state index is 12.1. The second-order valence-electron chi connectivity index (χ2n) is 6.85. The van der Waals surface area contributed by atoms with Gasteiger partial charge in [0.05, 0.1) is 17.9 Å². The van der Waals surface area contributed by atoms with Gasteiger partial charge in [0, 0.05) is 39.2 Å². The first-order chi connectivity index (χ1) is 12.0. The third kappa shape index (κ3) is 4.33. The number of thioether (sulfide) groups is 1. The molecule has 0 aliphatic carbocycles. The van der Waals surface area contributed by atoms with E-state index in [0.717, 1.165) is 12.3 Å². The monoisotopic (exact) mass is 370 g/mol. The van der Waals surface area contributed by atoms with Crippen LogP contribution in [0.15, 0.2) is 4.52 Å². The topological polar surface area (TPSA) is 91.9 Å². The van der Waals surface area contributed by atoms with E-state index in [0.29, 0.717) is 50.7 Å². The highest BCUT2D eigenvalue weighted by Gasteiger charge is 2.45. The van der Waals surface area contributed by atoms with Crippen LogP contribution in [0.4, 0.5) is 0 Å². The maximum atomic E-state index is 12.1. The van der Waals surface area contributed by atoms with Crippen LogP contribution in [0.2, 0.25) is 0 Å². The number of nitrogens with zero attached hydrogens (tertiary/aromatic N) is 4. The molecule has 1 N–H and O–H groups in total. The van der Waals surface area contributed by atoms with Crippen molar-refractivity contribution in [3.05, 3.63) is 11.7 Å². The fourth-order valence-corrected chi connectivity index (χ4v) is 4.07. The van der Waals surface area contributed by atoms with Crippen LogP contribution in [0.25, 0.3) is 0 Å². The van der Waals surface area contributed by atoms with E-state index in [-0.39, 0.29) is 18.4 Å². The summed E-state index contributed by atoms with van der Waals surface area (Å²) < 4.78 is 10.3. The van der Waals surface area contributed by atoms with Gasteiger partial charge < -0.3 is 19.3 Å². The zero-order chi connectivity index (χ0) is 17.9. The highest BCUT2D eigenvalue weighted by Crippen LogP contribution is 2.35. The van der Waals surface area contributed by atoms with E-state index in [4.69, 9.17) is 9.26 Å². The maximum Gasteiger partial charge on any atom is 0.248 e. The average molecular weight is 370 g/mol. The number of rotatable bonds is 6. The van der Waals surface area contributed by atoms with Crippen molar-refractivity contribution in [3.63, 3.8) is 0 Å². The van der Waals surface area contributed by atoms with Crippen LogP contribution in [-0.2, 0) is 21.8 Å². The summed E-state index contributed by atoms with van der Waals surface area (Å²) in [6, 6.07) is 0. The number of carbonyl (C=O) groups is 1. The molecule has 8 nitrogen and oxygen atoms in total. The van der Waals surface area contributed by atoms with E-state index in [1.54, 1.807) is 16.7 Å². The molecule has 3 heterocycles. The van der Waals surface area contributed by atoms with Gasteiger partial charge in [-0.2, -0.15) is 16.7 Å². The lowest BCUT2D eigenvalue weighted by molar-refractivity contribution is -0.150. The molecule has 2 atom stereocenters. The molecule has 0 bridgehead atoms. The zero-order valence-electron chi connectivity index (χ0n) is 14.8. The average Bonchev–Trinajstić information content (AvgIpc) is 3.02. The summed E-state index contributed by atoms with van der Waals surface area (Å²) in [4.78, 5) is 20.5. The number of amides is 1. The summed E-state index contributed by atoms with van der Waals surface area (Å²) in [6.07, 6.45) is 3.33. The number of likely N-dealkylation sites (tertiary alicyclic amines) is 2. The predicted octanol–water partition coefficient (Wildman–Crippen LogP) is 0.364. The van der Waals surface area contributed by atoms with Gasteiger partial charge in [-0.1, -0.05) is 5.16 Å². The quantitative estimate of drug-likeness (QED) is 0.768. The number of methoxy groups -OCH3 is 1. The number of hydrogen-bond donors (Lipinski definition) is 1. The zero-order valence-corrected chi connectivity index (χ0v) is 15.6. The lowest BCUT2D eigenvalue weighted by Gasteiger charge is -2.50. The largest absolute Gasteiger partial charge is 0.389 e. The van der Waals surface area contributed by atoms with E-state index < -0.39 is 5.60 Å². The SMILES string of the molecule is COCC(=O)N1CC[C@]2(O)CCN(Cc3nc(CSC)no3)C[C@@H]2C1. The number of aromatic nitrogens is 2. The fourth-order valence-electron chi connectivity index (χ4n) is 3.69. The molecule has 2 aliphatic rings. The summed E-state index contributed by atoms with van der Waals surface area (Å²) in [5.74, 6) is 2.08. The first kappa shape index (κ1) is 18.6. The van der Waals surface area contributed by atoms with Gasteiger partial charge in [-0.3, -0.25) is 9.69 Å². The van der Waals surface area contributed by atoms with E-state index in [9.17, 15) is 9.90 Å². The molecule has 25 heavy (non-hydrogen) atoms. The van der Waals surface area contributed by atoms with Crippen LogP contribution < -0.4 is 0 Å². The van der Waals surface area contributed by atoms with Crippen LogP contribution in [-0.4, -0.2) is 82.7 Å². The highest BCUT2D eigenvalue weighted by atomic mass is 32.2. The van der Waals surface area contributed by atoms with Gasteiger partial charge in [0.2, 0.25) is 11.8 Å². The van der Waals surface area contributed by atoms with Gasteiger partial charge in [0.1, 0.15) is 6.61 Å². The molecule has 2 fully saturated rings. The molecule has 1 aromatic rings. The first-order valence-electron chi connectivity index (χ1n) is 8.56. The van der Waals surface area contributed by atoms with Crippen LogP contribution in [0.3, 0.4) is 0 Å². The molecule has 2 aliphatic heterocycles. The second kappa shape index (κ2) is 8.03. The summed E-state index contributed by atoms with van der Waals surface area (Å²) in [7, 11) is 1.52. The van der Waals surface area contributed by atoms with Gasteiger partial charge in [-0.15, -0.1) is 0 Å². The molecular weight excluding hydrogens is 344 g/mol. The Kier molecular flexibility index (Phi) is 5.98. The minimum atomic E-state index is -0.681. The van der Waals surface area contributed by atoms with Crippen molar-refractivity contribution in [2.45, 2.75) is 30.7 Å². The van der Waals surface area contributed by atoms with Crippen molar-refractivity contribution in [2.24, 2.45) is 5.92 Å². The number of carbonyl (C=O) groups excluding carboxylic acids is 1. The molecule has 0 spiro atoms. The lowest BCUT2D eigenvalue weighted by atomic mass is 9.75. The normalized spacial score (nSPS) is 27.3. The minimum Gasteiger partial charge on any atom is -0.389 e. The molecule has 2 saturated heterocycles. The molecule has 0 unspecified atom stereocenters. The molecular formula is C16H26N4O4S. The Balaban J connectivity index is 1.59. The van der Waals surface area contributed by atoms with Crippen molar-refractivity contribution in [3.8, 4) is 0 Å². The van der Waals surface area contributed by atoms with Crippen LogP contribution >= 0.6 is 11.8 Å². The predicted molar refractivity (Wildman–Crippen MR) is 92.9 cm³/mol. The minimum absolute atomic E-state index is 0.0136. The highest BCUT2D eigenvalue weighted by molar-refractivity contribution is 7.97. The molecule has 0 aromatic carbocycles. The first-order valence-corrected chi connectivity index (χ1v) is 9.95. The summed E-state index contributed by atoms with van der Waals surface area (Å²) in [5, 5.41) is 14.9. The number of hydrogen-bond acceptors (Lipinski definition) is 8. The van der Waals surface area contributed by atoms with Gasteiger partial charge in [0.25, 0.3) is 0 Å². The summed E-state index contributed by atoms with van der Waals surface area (Å²) >= 11 is 1.66. The van der Waals surface area contributed by atoms with Crippen molar-refractivity contribution in [2.75, 3.05) is 46.2 Å². The van der Waals surface area contributed by atoms with E-state index >= 15 is 0 Å². The molecule has 3 rings (SSSR count). The third-order valence-electron chi connectivity index (χ3n) is 5.12. The van der Waals surface area contributed by atoms with E-state index in [2.05, 4.69) is 15.0 Å². The molecule has 9 heteroatoms. The van der Waals surface area contributed by atoms with Crippen molar-refractivity contribution < 1.29 is 19.2 Å². The fraction of sp³-hybridized carbons (Fsp3) is 0.812. The summed E-state index contributed by atoms with van der Waals surface area (Å²) in [5.41, 5.74) is -0.681. The number of ether oxygens (including phenoxy) is 1. The number of piperidine rings is 2. The Morgan fingerprint density at radius 3 is 3.00 bits per heavy atom. The van der Waals surface area contributed by atoms with Gasteiger partial charge in [0.15, 0.2) is 5.82 Å². The molecule has 1 aromatic heterocycles. The Hall–Kier alpha value is -1.16. The Labute approximate surface area is 151 Å². The molecule has 140 valence electrons. The van der Waals surface area contributed by atoms with Crippen molar-refractivity contribution in [1.29, 1.82) is 0 Å². The number of fused-ring (bicyclic) bond motifs is 1. The standard InChI is InChI=1S/C16H26N4O4S/c1-23-10-15(21)20-6-4-16(22)3-5-19(7-12(16)8-20)9-14-17-13(11-25-2)18-24-14/h12,22H,3-11H2,1-2H3/t12-,16-/m1/s1. The van der Waals surface area contributed by atoms with E-state index in [1.807, 2.05) is 6.26 Å². The van der Waals surface area contributed by atoms with Gasteiger partial charge in [-0.05, 0) is 19.1 Å². The lowest BCUT2D eigenvalue weighted by Crippen LogP contribution is -2.60. The summed E-state index contributed by atoms with van der Waals surface area (Å²) in [6.45, 7) is 3.34. The van der Waals surface area contributed by atoms with E-state index in [1.165, 1.54) is 7.11 Å². The Morgan fingerprint density at radius 2 is 2.24 bits per heavy atom. The van der Waals surface area contributed by atoms with Gasteiger partial charge >= 0.3 is 0 Å². The smallest absolute Gasteiger partial charge is 0.248 e. The Morgan fingerprint density at radius 1 is 1.44 bits per heavy atom.